The number of oxime groups is 1. The summed E-state index contributed by atoms with van der Waals surface area (Å²) >= 11 is 0. The molecule has 2 atom stereocenters. The van der Waals surface area contributed by atoms with Crippen molar-refractivity contribution in [3.05, 3.63) is 53.1 Å². The zero-order valence-electron chi connectivity index (χ0n) is 30.0. The van der Waals surface area contributed by atoms with Crippen LogP contribution in [0.3, 0.4) is 0 Å². The summed E-state index contributed by atoms with van der Waals surface area (Å²) in [5.74, 6) is 4.26. The second-order valence-electron chi connectivity index (χ2n) is 12.3. The average Bonchev–Trinajstić information content (AvgIpc) is 3.84. The van der Waals surface area contributed by atoms with Gasteiger partial charge in [0.2, 0.25) is 11.5 Å². The summed E-state index contributed by atoms with van der Waals surface area (Å²) in [4.78, 5) is 25.5. The molecule has 0 saturated carbocycles. The molecule has 3 aromatic rings. The lowest BCUT2D eigenvalue weighted by Gasteiger charge is -2.20. The number of amides is 1. The molecule has 3 aliphatic heterocycles. The summed E-state index contributed by atoms with van der Waals surface area (Å²) < 4.78 is 45.7. The summed E-state index contributed by atoms with van der Waals surface area (Å²) in [6.45, 7) is 1.68. The molecule has 6 rings (SSSR count). The van der Waals surface area contributed by atoms with Crippen molar-refractivity contribution in [2.75, 3.05) is 62.4 Å². The first kappa shape index (κ1) is 35.5. The Hall–Kier alpha value is -5.33. The minimum absolute atomic E-state index is 0.0137. The molecule has 1 saturated heterocycles. The third-order valence-electron chi connectivity index (χ3n) is 9.27. The van der Waals surface area contributed by atoms with Gasteiger partial charge in [-0.25, -0.2) is 0 Å². The number of ether oxygens (including phenoxy) is 8. The minimum Gasteiger partial charge on any atom is -0.493 e. The summed E-state index contributed by atoms with van der Waals surface area (Å²) in [6.07, 6.45) is 6.38. The van der Waals surface area contributed by atoms with Gasteiger partial charge in [0.25, 0.3) is 5.91 Å². The number of unbranched alkanes of at least 4 members (excludes halogenated alkanes) is 2. The molecule has 1 fully saturated rings. The normalized spacial score (nSPS) is 17.5. The van der Waals surface area contributed by atoms with E-state index in [1.54, 1.807) is 54.8 Å². The average molecular weight is 704 g/mol. The Bertz CT molecular complexity index is 1740. The highest BCUT2D eigenvalue weighted by molar-refractivity contribution is 6.04. The zero-order chi connectivity index (χ0) is 35.9. The van der Waals surface area contributed by atoms with E-state index in [2.05, 4.69) is 10.1 Å². The Morgan fingerprint density at radius 3 is 2.02 bits per heavy atom. The lowest BCUT2D eigenvalue weighted by molar-refractivity contribution is 0.0774. The first-order valence-corrected chi connectivity index (χ1v) is 17.0. The molecule has 1 amide bonds. The fourth-order valence-corrected chi connectivity index (χ4v) is 6.56. The van der Waals surface area contributed by atoms with E-state index in [0.29, 0.717) is 76.9 Å². The van der Waals surface area contributed by atoms with Crippen LogP contribution in [0.4, 0.5) is 5.69 Å². The summed E-state index contributed by atoms with van der Waals surface area (Å²) in [5, 5.41) is 4.37. The molecular formula is C38H45N3O10. The Morgan fingerprint density at radius 2 is 1.37 bits per heavy atom. The first-order chi connectivity index (χ1) is 24.9. The molecule has 51 heavy (non-hydrogen) atoms. The fourth-order valence-electron chi connectivity index (χ4n) is 6.56. The van der Waals surface area contributed by atoms with E-state index in [1.807, 2.05) is 35.4 Å². The van der Waals surface area contributed by atoms with E-state index < -0.39 is 0 Å². The number of methoxy groups -OCH3 is 6. The largest absolute Gasteiger partial charge is 0.493 e. The number of fused-ring (bicyclic) bond motifs is 2. The molecular weight excluding hydrogens is 658 g/mol. The van der Waals surface area contributed by atoms with Gasteiger partial charge >= 0.3 is 0 Å². The third kappa shape index (κ3) is 7.42. The van der Waals surface area contributed by atoms with Gasteiger partial charge in [-0.1, -0.05) is 5.16 Å². The van der Waals surface area contributed by atoms with Crippen LogP contribution < -0.4 is 37.9 Å². The van der Waals surface area contributed by atoms with Crippen molar-refractivity contribution in [3.63, 3.8) is 0 Å². The number of nitrogens with zero attached hydrogens (tertiary/aromatic N) is 3. The Balaban J connectivity index is 1.02. The molecule has 1 unspecified atom stereocenters. The molecule has 3 heterocycles. The molecule has 0 bridgehead atoms. The van der Waals surface area contributed by atoms with Crippen molar-refractivity contribution in [2.24, 2.45) is 10.1 Å². The standard InChI is InChI=1S/C38H45N3O10/c1-43-30-19-26-28(39-22-25-11-10-12-41(25)38(26)42)21-31(30)49-13-8-7-9-14-50-37-34(46-4)17-24(18-35(37)47-5)29-20-27(40-51-29)23-15-32(44-2)36(48-6)33(16-23)45-3/h15-19,21-22,25,29H,7-14,20H2,1-6H3/t25-,29?/m0/s1. The molecule has 13 nitrogen and oxygen atoms in total. The minimum atomic E-state index is -0.362. The lowest BCUT2D eigenvalue weighted by Crippen LogP contribution is -2.35. The molecule has 0 aromatic heterocycles. The Morgan fingerprint density at radius 1 is 0.725 bits per heavy atom. The van der Waals surface area contributed by atoms with Crippen LogP contribution in [0, 0.1) is 0 Å². The number of hydrogen-bond acceptors (Lipinski definition) is 12. The van der Waals surface area contributed by atoms with Crippen LogP contribution >= 0.6 is 0 Å². The van der Waals surface area contributed by atoms with Gasteiger partial charge in [0.15, 0.2) is 40.6 Å². The van der Waals surface area contributed by atoms with Crippen LogP contribution in [0.5, 0.6) is 46.0 Å². The Kier molecular flexibility index (Phi) is 11.2. The highest BCUT2D eigenvalue weighted by atomic mass is 16.6. The van der Waals surface area contributed by atoms with Crippen molar-refractivity contribution < 1.29 is 47.5 Å². The van der Waals surface area contributed by atoms with Crippen molar-refractivity contribution >= 4 is 23.5 Å². The highest BCUT2D eigenvalue weighted by Crippen LogP contribution is 2.44. The second-order valence-corrected chi connectivity index (χ2v) is 12.3. The van der Waals surface area contributed by atoms with Gasteiger partial charge in [-0.15, -0.1) is 0 Å². The number of hydrogen-bond donors (Lipinski definition) is 0. The van der Waals surface area contributed by atoms with Crippen molar-refractivity contribution in [3.8, 4) is 46.0 Å². The van der Waals surface area contributed by atoms with E-state index in [0.717, 1.165) is 55.5 Å². The quantitative estimate of drug-likeness (QED) is 0.152. The maximum Gasteiger partial charge on any atom is 0.256 e. The fraction of sp³-hybridized carbons (Fsp3) is 0.447. The smallest absolute Gasteiger partial charge is 0.256 e. The van der Waals surface area contributed by atoms with Gasteiger partial charge in [-0.05, 0) is 62.4 Å². The van der Waals surface area contributed by atoms with E-state index >= 15 is 0 Å². The number of benzene rings is 3. The van der Waals surface area contributed by atoms with Crippen LogP contribution in [0.25, 0.3) is 0 Å². The summed E-state index contributed by atoms with van der Waals surface area (Å²) in [5.41, 5.74) is 3.53. The number of carbonyl (C=O) groups is 1. The topological polar surface area (TPSA) is 128 Å². The maximum absolute atomic E-state index is 13.1. The molecule has 13 heteroatoms. The van der Waals surface area contributed by atoms with E-state index in [1.165, 1.54) is 0 Å². The predicted molar refractivity (Wildman–Crippen MR) is 191 cm³/mol. The first-order valence-electron chi connectivity index (χ1n) is 17.0. The van der Waals surface area contributed by atoms with Crippen molar-refractivity contribution in [1.29, 1.82) is 0 Å². The maximum atomic E-state index is 13.1. The van der Waals surface area contributed by atoms with Crippen LogP contribution in [0.2, 0.25) is 0 Å². The molecule has 3 aliphatic rings. The lowest BCUT2D eigenvalue weighted by atomic mass is 9.99. The summed E-state index contributed by atoms with van der Waals surface area (Å²) in [7, 11) is 9.48. The number of aliphatic imine (C=N–C) groups is 1. The van der Waals surface area contributed by atoms with Gasteiger partial charge in [-0.2, -0.15) is 0 Å². The van der Waals surface area contributed by atoms with Gasteiger partial charge in [0, 0.05) is 36.4 Å². The highest BCUT2D eigenvalue weighted by Gasteiger charge is 2.33. The van der Waals surface area contributed by atoms with Crippen LogP contribution in [0.15, 0.2) is 46.5 Å². The molecule has 0 N–H and O–H groups in total. The van der Waals surface area contributed by atoms with Gasteiger partial charge in [0.05, 0.1) is 78.9 Å². The zero-order valence-corrected chi connectivity index (χ0v) is 30.0. The van der Waals surface area contributed by atoms with Crippen LogP contribution in [-0.2, 0) is 4.84 Å². The van der Waals surface area contributed by atoms with E-state index in [-0.39, 0.29) is 18.1 Å². The molecule has 272 valence electrons. The van der Waals surface area contributed by atoms with Crippen molar-refractivity contribution in [2.45, 2.75) is 50.7 Å². The molecule has 3 aromatic carbocycles. The van der Waals surface area contributed by atoms with Gasteiger partial charge in [0.1, 0.15) is 0 Å². The van der Waals surface area contributed by atoms with E-state index in [9.17, 15) is 4.79 Å². The van der Waals surface area contributed by atoms with Gasteiger partial charge < -0.3 is 47.6 Å². The second kappa shape index (κ2) is 16.1. The molecule has 0 aliphatic carbocycles. The van der Waals surface area contributed by atoms with Crippen LogP contribution in [0.1, 0.15) is 66.1 Å². The van der Waals surface area contributed by atoms with Crippen molar-refractivity contribution in [1.82, 2.24) is 4.90 Å². The summed E-state index contributed by atoms with van der Waals surface area (Å²) in [6, 6.07) is 11.1. The molecule has 0 spiro atoms. The Labute approximate surface area is 298 Å². The SMILES string of the molecule is COc1cc2c(cc1OCCCCCOc1c(OC)cc(C3CC(c4cc(OC)c(OC)c(OC)c4)=NO3)cc1OC)N=C[C@@H]1CCCN1C2=O. The number of carbonyl (C=O) groups excluding carboxylic acids is 1. The molecule has 0 radical (unpaired) electrons. The monoisotopic (exact) mass is 703 g/mol. The van der Waals surface area contributed by atoms with Gasteiger partial charge in [-0.3, -0.25) is 9.79 Å². The third-order valence-corrected chi connectivity index (χ3v) is 9.27. The van der Waals surface area contributed by atoms with Crippen LogP contribution in [-0.4, -0.2) is 91.2 Å². The number of rotatable bonds is 16. The van der Waals surface area contributed by atoms with E-state index in [4.69, 9.17) is 42.7 Å². The predicted octanol–water partition coefficient (Wildman–Crippen LogP) is 6.55.